The normalized spacial score (nSPS) is 52.8. The largest absolute Gasteiger partial charge is 0.381 e. The molecule has 4 aliphatic carbocycles. The van der Waals surface area contributed by atoms with Crippen LogP contribution in [0.2, 0.25) is 0 Å². The highest BCUT2D eigenvalue weighted by atomic mass is 19.1. The van der Waals surface area contributed by atoms with E-state index in [2.05, 4.69) is 0 Å². The molecule has 3 nitrogen and oxygen atoms in total. The quantitative estimate of drug-likeness (QED) is 0.770. The fourth-order valence-corrected chi connectivity index (χ4v) is 7.19. The fraction of sp³-hybridized carbons (Fsp3) is 0.727. The van der Waals surface area contributed by atoms with Gasteiger partial charge >= 0.3 is 0 Å². The van der Waals surface area contributed by atoms with Gasteiger partial charge in [-0.15, -0.1) is 0 Å². The minimum absolute atomic E-state index is 0.0189. The Morgan fingerprint density at radius 1 is 1.27 bits per heavy atom. The molecule has 1 N–H and O–H groups in total. The molecular formula is C22H29FO3. The molecular weight excluding hydrogens is 331 g/mol. The number of carbonyl (C=O) groups is 2. The summed E-state index contributed by atoms with van der Waals surface area (Å²) >= 11 is 0. The van der Waals surface area contributed by atoms with Crippen molar-refractivity contribution in [2.75, 3.05) is 0 Å². The predicted octanol–water partition coefficient (Wildman–Crippen LogP) is 3.95. The summed E-state index contributed by atoms with van der Waals surface area (Å²) < 4.78 is 16.7. The Kier molecular flexibility index (Phi) is 3.59. The van der Waals surface area contributed by atoms with Gasteiger partial charge in [0, 0.05) is 10.8 Å². The van der Waals surface area contributed by atoms with Crippen LogP contribution in [0.3, 0.4) is 0 Å². The second-order valence-electron chi connectivity index (χ2n) is 9.60. The number of ketones is 2. The van der Waals surface area contributed by atoms with Crippen LogP contribution in [0.5, 0.6) is 0 Å². The first-order valence-electron chi connectivity index (χ1n) is 9.87. The predicted molar refractivity (Wildman–Crippen MR) is 97.1 cm³/mol. The number of hydrogen-bond acceptors (Lipinski definition) is 3. The molecule has 26 heavy (non-hydrogen) atoms. The summed E-state index contributed by atoms with van der Waals surface area (Å²) in [5, 5.41) is 11.4. The zero-order valence-corrected chi connectivity index (χ0v) is 16.1. The first kappa shape index (κ1) is 18.1. The smallest absolute Gasteiger partial charge is 0.178 e. The number of halogens is 1. The van der Waals surface area contributed by atoms with E-state index >= 15 is 4.39 Å². The molecule has 3 saturated carbocycles. The molecule has 0 amide bonds. The molecule has 4 rings (SSSR count). The van der Waals surface area contributed by atoms with Crippen molar-refractivity contribution in [2.24, 2.45) is 28.6 Å². The van der Waals surface area contributed by atoms with E-state index in [0.717, 1.165) is 5.57 Å². The first-order valence-corrected chi connectivity index (χ1v) is 9.87. The van der Waals surface area contributed by atoms with E-state index in [1.807, 2.05) is 20.8 Å². The number of fused-ring (bicyclic) bond motifs is 5. The topological polar surface area (TPSA) is 54.4 Å². The van der Waals surface area contributed by atoms with Gasteiger partial charge in [-0.25, -0.2) is 4.39 Å². The van der Waals surface area contributed by atoms with Crippen LogP contribution in [0.15, 0.2) is 23.8 Å². The summed E-state index contributed by atoms with van der Waals surface area (Å²) in [4.78, 5) is 24.2. The third kappa shape index (κ3) is 1.82. The SMILES string of the molecule is CC(=O)[C@@]1(O)[C@@H](C)C[C@H]2[C@@H]3CCC4=CC(=O)C=C[C@]4(C)[C@@]3(F)CC[C@@]21C. The van der Waals surface area contributed by atoms with Crippen LogP contribution in [-0.2, 0) is 9.59 Å². The van der Waals surface area contributed by atoms with Gasteiger partial charge in [-0.3, -0.25) is 9.59 Å². The van der Waals surface area contributed by atoms with Gasteiger partial charge in [0.2, 0.25) is 0 Å². The van der Waals surface area contributed by atoms with Gasteiger partial charge in [-0.2, -0.15) is 0 Å². The summed E-state index contributed by atoms with van der Waals surface area (Å²) in [6.07, 6.45) is 7.78. The van der Waals surface area contributed by atoms with Crippen LogP contribution >= 0.6 is 0 Å². The van der Waals surface area contributed by atoms with E-state index in [0.29, 0.717) is 32.1 Å². The van der Waals surface area contributed by atoms with Crippen LogP contribution in [0.1, 0.15) is 59.8 Å². The van der Waals surface area contributed by atoms with E-state index in [1.165, 1.54) is 13.0 Å². The van der Waals surface area contributed by atoms with Crippen molar-refractivity contribution in [3.8, 4) is 0 Å². The van der Waals surface area contributed by atoms with Crippen molar-refractivity contribution in [2.45, 2.75) is 71.1 Å². The van der Waals surface area contributed by atoms with Gasteiger partial charge in [0.05, 0.1) is 0 Å². The number of Topliss-reactive ketones (excluding diaryl/α,β-unsaturated/α-hetero) is 1. The fourth-order valence-electron chi connectivity index (χ4n) is 7.19. The second-order valence-corrected chi connectivity index (χ2v) is 9.60. The molecule has 4 aliphatic rings. The Morgan fingerprint density at radius 2 is 1.96 bits per heavy atom. The minimum Gasteiger partial charge on any atom is -0.381 e. The van der Waals surface area contributed by atoms with E-state index in [-0.39, 0.29) is 29.3 Å². The highest BCUT2D eigenvalue weighted by molar-refractivity contribution is 6.01. The minimum atomic E-state index is -1.43. The van der Waals surface area contributed by atoms with Crippen molar-refractivity contribution < 1.29 is 19.1 Å². The Labute approximate surface area is 154 Å². The van der Waals surface area contributed by atoms with Crippen molar-refractivity contribution in [1.82, 2.24) is 0 Å². The maximum absolute atomic E-state index is 16.7. The average Bonchev–Trinajstić information content (AvgIpc) is 2.78. The number of aliphatic hydroxyl groups is 1. The molecule has 4 heteroatoms. The molecule has 0 aromatic heterocycles. The van der Waals surface area contributed by atoms with Gasteiger partial charge in [0.15, 0.2) is 11.6 Å². The molecule has 0 saturated heterocycles. The monoisotopic (exact) mass is 360 g/mol. The zero-order chi connectivity index (χ0) is 19.1. The Bertz CT molecular complexity index is 754. The Morgan fingerprint density at radius 3 is 2.62 bits per heavy atom. The van der Waals surface area contributed by atoms with Gasteiger partial charge in [0.25, 0.3) is 0 Å². The van der Waals surface area contributed by atoms with Gasteiger partial charge < -0.3 is 5.11 Å². The standard InChI is InChI=1S/C22H29FO3/c1-13-11-18-17-6-5-15-12-16(25)7-8-19(15,3)21(17,23)10-9-20(18,4)22(13,26)14(2)24/h7-8,12-13,17-18,26H,5-6,9-11H2,1-4H3/t13-,17-,18-,19-,20-,21+,22-/m0/s1. The van der Waals surface area contributed by atoms with Gasteiger partial charge in [0.1, 0.15) is 11.3 Å². The first-order chi connectivity index (χ1) is 12.0. The Balaban J connectivity index is 1.80. The van der Waals surface area contributed by atoms with Crippen LogP contribution in [0.25, 0.3) is 0 Å². The summed E-state index contributed by atoms with van der Waals surface area (Å²) in [6, 6.07) is 0. The molecule has 0 bridgehead atoms. The van der Waals surface area contributed by atoms with Crippen LogP contribution < -0.4 is 0 Å². The lowest BCUT2D eigenvalue weighted by Crippen LogP contribution is -2.63. The second kappa shape index (κ2) is 5.15. The molecule has 0 unspecified atom stereocenters. The van der Waals surface area contributed by atoms with Crippen molar-refractivity contribution in [3.05, 3.63) is 23.8 Å². The lowest BCUT2D eigenvalue weighted by Gasteiger charge is -2.60. The van der Waals surface area contributed by atoms with Crippen LogP contribution in [0.4, 0.5) is 4.39 Å². The molecule has 142 valence electrons. The Hall–Kier alpha value is -1.29. The lowest BCUT2D eigenvalue weighted by atomic mass is 9.45. The molecule has 0 aromatic carbocycles. The number of hydrogen-bond donors (Lipinski definition) is 1. The highest BCUT2D eigenvalue weighted by Gasteiger charge is 2.72. The van der Waals surface area contributed by atoms with Gasteiger partial charge in [-0.05, 0) is 75.9 Å². The van der Waals surface area contributed by atoms with Crippen molar-refractivity contribution >= 4 is 11.6 Å². The maximum Gasteiger partial charge on any atom is 0.178 e. The van der Waals surface area contributed by atoms with Crippen LogP contribution in [0, 0.1) is 28.6 Å². The van der Waals surface area contributed by atoms with Crippen LogP contribution in [-0.4, -0.2) is 27.9 Å². The van der Waals surface area contributed by atoms with E-state index in [4.69, 9.17) is 0 Å². The summed E-state index contributed by atoms with van der Waals surface area (Å²) in [6.45, 7) is 7.32. The van der Waals surface area contributed by atoms with Crippen molar-refractivity contribution in [1.29, 1.82) is 0 Å². The third-order valence-electron chi connectivity index (χ3n) is 8.78. The zero-order valence-electron chi connectivity index (χ0n) is 16.1. The molecule has 0 radical (unpaired) electrons. The van der Waals surface area contributed by atoms with E-state index in [9.17, 15) is 14.7 Å². The number of rotatable bonds is 1. The molecule has 0 aromatic rings. The maximum atomic E-state index is 16.7. The molecule has 0 heterocycles. The van der Waals surface area contributed by atoms with E-state index < -0.39 is 22.1 Å². The van der Waals surface area contributed by atoms with Gasteiger partial charge in [-0.1, -0.05) is 25.5 Å². The molecule has 0 spiro atoms. The summed E-state index contributed by atoms with van der Waals surface area (Å²) in [7, 11) is 0. The van der Waals surface area contributed by atoms with E-state index in [1.54, 1.807) is 12.2 Å². The average molecular weight is 360 g/mol. The molecule has 3 fully saturated rings. The molecule has 7 atom stereocenters. The number of alkyl halides is 1. The third-order valence-corrected chi connectivity index (χ3v) is 8.78. The van der Waals surface area contributed by atoms with Crippen molar-refractivity contribution in [3.63, 3.8) is 0 Å². The summed E-state index contributed by atoms with van der Waals surface area (Å²) in [5.41, 5.74) is -3.23. The lowest BCUT2D eigenvalue weighted by molar-refractivity contribution is -0.179. The number of carbonyl (C=O) groups excluding carboxylic acids is 2. The highest BCUT2D eigenvalue weighted by Crippen LogP contribution is 2.70. The number of allylic oxidation sites excluding steroid dienone is 4. The summed E-state index contributed by atoms with van der Waals surface area (Å²) in [5.74, 6) is -0.620. The molecule has 0 aliphatic heterocycles.